The molecule has 0 aliphatic carbocycles. The summed E-state index contributed by atoms with van der Waals surface area (Å²) in [7, 11) is 1.53. The summed E-state index contributed by atoms with van der Waals surface area (Å²) in [6.07, 6.45) is 2.60. The van der Waals surface area contributed by atoms with Crippen molar-refractivity contribution in [2.24, 2.45) is 0 Å². The molecule has 5 N–H and O–H groups in total. The van der Waals surface area contributed by atoms with Gasteiger partial charge in [-0.15, -0.1) is 6.58 Å². The second-order valence-electron chi connectivity index (χ2n) is 6.50. The van der Waals surface area contributed by atoms with E-state index in [9.17, 15) is 24.3 Å². The number of carboxylic acids is 4. The maximum atomic E-state index is 10.6. The molecule has 0 radical (unpaired) electrons. The van der Waals surface area contributed by atoms with Crippen LogP contribution in [0.4, 0.5) is 0 Å². The van der Waals surface area contributed by atoms with Crippen LogP contribution in [0.2, 0.25) is 0 Å². The first-order valence-corrected chi connectivity index (χ1v) is 9.27. The van der Waals surface area contributed by atoms with Crippen LogP contribution in [0, 0.1) is 0 Å². The molecule has 32 heavy (non-hydrogen) atoms. The number of carboxylic acid groups (broad SMARTS) is 4. The lowest BCUT2D eigenvalue weighted by Gasteiger charge is -2.23. The average Bonchev–Trinajstić information content (AvgIpc) is 2.66. The third-order valence-corrected chi connectivity index (χ3v) is 3.79. The second kappa shape index (κ2) is 15.2. The lowest BCUT2D eigenvalue weighted by Crippen LogP contribution is -2.43. The van der Waals surface area contributed by atoms with Crippen LogP contribution in [-0.2, 0) is 25.6 Å². The van der Waals surface area contributed by atoms with Gasteiger partial charge in [-0.3, -0.25) is 29.0 Å². The molecule has 0 unspecified atom stereocenters. The zero-order valence-electron chi connectivity index (χ0n) is 17.6. The molecule has 0 amide bonds. The van der Waals surface area contributed by atoms with Gasteiger partial charge >= 0.3 is 23.9 Å². The smallest absolute Gasteiger partial charge is 0.317 e. The number of allylic oxidation sites excluding steroid dienone is 1. The van der Waals surface area contributed by atoms with Gasteiger partial charge in [-0.25, -0.2) is 0 Å². The van der Waals surface area contributed by atoms with E-state index in [2.05, 4.69) is 6.58 Å². The van der Waals surface area contributed by atoms with Crippen LogP contribution in [0.3, 0.4) is 0 Å². The number of ether oxygens (including phenoxy) is 1. The summed E-state index contributed by atoms with van der Waals surface area (Å²) in [6.45, 7) is 1.38. The van der Waals surface area contributed by atoms with Gasteiger partial charge in [0.15, 0.2) is 11.5 Å². The molecule has 0 fully saturated rings. The minimum Gasteiger partial charge on any atom is -0.504 e. The SMILES string of the molecule is C=CCc1ccc(O)c(OC)c1.O=C(O)CN(CCN(CC(=O)O)CC(=O)O)CC(=O)O. The fourth-order valence-corrected chi connectivity index (χ4v) is 2.49. The summed E-state index contributed by atoms with van der Waals surface area (Å²) < 4.78 is 4.95. The van der Waals surface area contributed by atoms with Crippen LogP contribution < -0.4 is 4.74 Å². The van der Waals surface area contributed by atoms with Crippen molar-refractivity contribution in [3.05, 3.63) is 36.4 Å². The highest BCUT2D eigenvalue weighted by Gasteiger charge is 2.18. The molecule has 0 atom stereocenters. The van der Waals surface area contributed by atoms with E-state index in [0.29, 0.717) is 5.75 Å². The van der Waals surface area contributed by atoms with Crippen molar-refractivity contribution in [2.75, 3.05) is 46.4 Å². The Bertz CT molecular complexity index is 729. The number of phenols is 1. The number of hydrogen-bond acceptors (Lipinski definition) is 8. The van der Waals surface area contributed by atoms with Crippen LogP contribution in [-0.4, -0.2) is 106 Å². The van der Waals surface area contributed by atoms with Crippen molar-refractivity contribution in [1.82, 2.24) is 9.80 Å². The molecule has 12 nitrogen and oxygen atoms in total. The summed E-state index contributed by atoms with van der Waals surface area (Å²) in [5, 5.41) is 43.7. The minimum absolute atomic E-state index is 0.0703. The summed E-state index contributed by atoms with van der Waals surface area (Å²) in [4.78, 5) is 44.4. The zero-order chi connectivity index (χ0) is 24.7. The molecule has 0 bridgehead atoms. The molecule has 0 aliphatic rings. The van der Waals surface area contributed by atoms with Gasteiger partial charge in [0.2, 0.25) is 0 Å². The average molecular weight is 456 g/mol. The van der Waals surface area contributed by atoms with Crippen LogP contribution in [0.5, 0.6) is 11.5 Å². The van der Waals surface area contributed by atoms with E-state index >= 15 is 0 Å². The monoisotopic (exact) mass is 456 g/mol. The summed E-state index contributed by atoms with van der Waals surface area (Å²) in [5.41, 5.74) is 1.08. The van der Waals surface area contributed by atoms with Crippen molar-refractivity contribution >= 4 is 23.9 Å². The van der Waals surface area contributed by atoms with Crippen molar-refractivity contribution in [3.63, 3.8) is 0 Å². The fraction of sp³-hybridized carbons (Fsp3) is 0.400. The number of benzene rings is 1. The molecule has 0 heterocycles. The Labute approximate surface area is 184 Å². The van der Waals surface area contributed by atoms with E-state index in [1.807, 2.05) is 12.1 Å². The third kappa shape index (κ3) is 13.6. The number of methoxy groups -OCH3 is 1. The highest BCUT2D eigenvalue weighted by molar-refractivity contribution is 5.73. The highest BCUT2D eigenvalue weighted by Crippen LogP contribution is 2.26. The summed E-state index contributed by atoms with van der Waals surface area (Å²) >= 11 is 0. The molecule has 0 saturated heterocycles. The Morgan fingerprint density at radius 1 is 0.875 bits per heavy atom. The Morgan fingerprint density at radius 2 is 1.28 bits per heavy atom. The molecule has 1 rings (SSSR count). The standard InChI is InChI=1S/C10H16N2O8.C10H12O2/c13-7(14)3-11(4-8(15)16)1-2-12(5-9(17)18)6-10(19)20;1-3-4-8-5-6-9(11)10(7-8)12-2/h1-6H2,(H,13,14)(H,15,16)(H,17,18)(H,19,20);3,5-7,11H,1,4H2,2H3. The minimum atomic E-state index is -1.23. The molecule has 0 saturated carbocycles. The lowest BCUT2D eigenvalue weighted by atomic mass is 10.1. The molecule has 0 aliphatic heterocycles. The normalized spacial score (nSPS) is 10.2. The maximum Gasteiger partial charge on any atom is 0.317 e. The van der Waals surface area contributed by atoms with E-state index < -0.39 is 50.1 Å². The van der Waals surface area contributed by atoms with E-state index in [-0.39, 0.29) is 18.8 Å². The first kappa shape index (κ1) is 28.4. The molecule has 178 valence electrons. The van der Waals surface area contributed by atoms with Gasteiger partial charge in [-0.1, -0.05) is 12.1 Å². The first-order valence-electron chi connectivity index (χ1n) is 9.27. The first-order chi connectivity index (χ1) is 15.0. The lowest BCUT2D eigenvalue weighted by molar-refractivity contribution is -0.145. The molecule has 1 aromatic rings. The predicted molar refractivity (Wildman–Crippen MR) is 112 cm³/mol. The predicted octanol–water partition coefficient (Wildman–Crippen LogP) is 0.0581. The number of phenolic OH excluding ortho intramolecular Hbond substituents is 1. The van der Waals surface area contributed by atoms with Gasteiger partial charge in [0.1, 0.15) is 0 Å². The Hall–Kier alpha value is -3.64. The van der Waals surface area contributed by atoms with Gasteiger partial charge in [0.25, 0.3) is 0 Å². The van der Waals surface area contributed by atoms with E-state index in [0.717, 1.165) is 21.8 Å². The highest BCUT2D eigenvalue weighted by atomic mass is 16.5. The van der Waals surface area contributed by atoms with E-state index in [1.54, 1.807) is 12.1 Å². The van der Waals surface area contributed by atoms with Crippen LogP contribution in [0.15, 0.2) is 30.9 Å². The Morgan fingerprint density at radius 3 is 1.59 bits per heavy atom. The fourth-order valence-electron chi connectivity index (χ4n) is 2.49. The van der Waals surface area contributed by atoms with Gasteiger partial charge < -0.3 is 30.3 Å². The zero-order valence-corrected chi connectivity index (χ0v) is 17.6. The number of hydrogen-bond donors (Lipinski definition) is 5. The molecule has 0 spiro atoms. The molecule has 12 heteroatoms. The third-order valence-electron chi connectivity index (χ3n) is 3.79. The summed E-state index contributed by atoms with van der Waals surface area (Å²) in [5.74, 6) is -4.23. The number of aromatic hydroxyl groups is 1. The van der Waals surface area contributed by atoms with Gasteiger partial charge in [0, 0.05) is 13.1 Å². The van der Waals surface area contributed by atoms with Crippen LogP contribution in [0.25, 0.3) is 0 Å². The quantitative estimate of drug-likeness (QED) is 0.237. The topological polar surface area (TPSA) is 185 Å². The molecular weight excluding hydrogens is 428 g/mol. The number of rotatable bonds is 14. The largest absolute Gasteiger partial charge is 0.504 e. The van der Waals surface area contributed by atoms with Crippen LogP contribution in [0.1, 0.15) is 5.56 Å². The van der Waals surface area contributed by atoms with Gasteiger partial charge in [-0.05, 0) is 24.1 Å². The van der Waals surface area contributed by atoms with Crippen molar-refractivity contribution in [2.45, 2.75) is 6.42 Å². The summed E-state index contributed by atoms with van der Waals surface area (Å²) in [6, 6.07) is 5.27. The number of carbonyl (C=O) groups is 4. The van der Waals surface area contributed by atoms with Crippen molar-refractivity contribution in [1.29, 1.82) is 0 Å². The molecule has 1 aromatic carbocycles. The van der Waals surface area contributed by atoms with E-state index in [1.165, 1.54) is 7.11 Å². The van der Waals surface area contributed by atoms with Gasteiger partial charge in [0.05, 0.1) is 33.3 Å². The van der Waals surface area contributed by atoms with Crippen molar-refractivity contribution in [3.8, 4) is 11.5 Å². The van der Waals surface area contributed by atoms with Gasteiger partial charge in [-0.2, -0.15) is 0 Å². The Kier molecular flexibility index (Phi) is 13.5. The second-order valence-corrected chi connectivity index (χ2v) is 6.50. The van der Waals surface area contributed by atoms with Crippen molar-refractivity contribution < 1.29 is 49.4 Å². The van der Waals surface area contributed by atoms with Crippen LogP contribution >= 0.6 is 0 Å². The number of nitrogens with zero attached hydrogens (tertiary/aromatic N) is 2. The number of aliphatic carboxylic acids is 4. The Balaban J connectivity index is 0.000000677. The van der Waals surface area contributed by atoms with E-state index in [4.69, 9.17) is 25.2 Å². The maximum absolute atomic E-state index is 10.6. The molecular formula is C20H28N2O10. The molecule has 0 aromatic heterocycles.